The zero-order valence-corrected chi connectivity index (χ0v) is 33.6. The van der Waals surface area contributed by atoms with E-state index in [2.05, 4.69) is 212 Å². The van der Waals surface area contributed by atoms with Crippen molar-refractivity contribution in [1.82, 2.24) is 15.0 Å². The molecule has 1 aliphatic heterocycles. The number of ether oxygens (including phenoxy) is 1. The molecule has 290 valence electrons. The summed E-state index contributed by atoms with van der Waals surface area (Å²) in [6, 6.07) is 79.0. The number of para-hydroxylation sites is 1. The normalized spacial score (nSPS) is 12.8. The first-order valence-electron chi connectivity index (χ1n) is 21.0. The first-order chi connectivity index (χ1) is 30.7. The lowest BCUT2D eigenvalue weighted by Crippen LogP contribution is -2.32. The van der Waals surface area contributed by atoms with Gasteiger partial charge in [0.15, 0.2) is 17.5 Å². The summed E-state index contributed by atoms with van der Waals surface area (Å²) < 4.78 is 6.81. The molecule has 1 aromatic heterocycles. The third kappa shape index (κ3) is 5.80. The van der Waals surface area contributed by atoms with Crippen LogP contribution in [0.25, 0.3) is 78.7 Å². The Hall–Kier alpha value is -8.21. The van der Waals surface area contributed by atoms with Gasteiger partial charge in [-0.05, 0) is 79.9 Å². The van der Waals surface area contributed by atoms with Gasteiger partial charge >= 0.3 is 0 Å². The Morgan fingerprint density at radius 3 is 1.23 bits per heavy atom. The van der Waals surface area contributed by atoms with Crippen LogP contribution >= 0.6 is 0 Å². The first-order valence-corrected chi connectivity index (χ1v) is 21.0. The topological polar surface area (TPSA) is 47.9 Å². The average Bonchev–Trinajstić information content (AvgIpc) is 3.65. The van der Waals surface area contributed by atoms with E-state index in [4.69, 9.17) is 19.7 Å². The van der Waals surface area contributed by atoms with Gasteiger partial charge in [0, 0.05) is 27.8 Å². The van der Waals surface area contributed by atoms with Crippen molar-refractivity contribution < 1.29 is 4.74 Å². The molecule has 0 N–H and O–H groups in total. The SMILES string of the molecule is c1ccc(-c2cccc(-c3nc(-c4ccc(-c5ccc6c(c5)Oc5ccccc5C65c6ccccc6-c6ccccc65)cc4)nc(-c4cccc(-c5ccccc5)c4)n3)c2)cc1. The maximum Gasteiger partial charge on any atom is 0.164 e. The Labute approximate surface area is 360 Å². The molecule has 0 bridgehead atoms. The molecule has 0 saturated heterocycles. The molecule has 2 aliphatic rings. The molecule has 0 radical (unpaired) electrons. The summed E-state index contributed by atoms with van der Waals surface area (Å²) in [5.41, 5.74) is 16.3. The molecule has 1 aliphatic carbocycles. The number of benzene rings is 9. The number of rotatable bonds is 6. The van der Waals surface area contributed by atoms with Gasteiger partial charge in [-0.15, -0.1) is 0 Å². The Morgan fingerprint density at radius 2 is 0.645 bits per heavy atom. The maximum absolute atomic E-state index is 6.81. The summed E-state index contributed by atoms with van der Waals surface area (Å²) in [7, 11) is 0. The van der Waals surface area contributed by atoms with Gasteiger partial charge < -0.3 is 4.74 Å². The second-order valence-electron chi connectivity index (χ2n) is 15.9. The van der Waals surface area contributed by atoms with Gasteiger partial charge in [-0.2, -0.15) is 0 Å². The quantitative estimate of drug-likeness (QED) is 0.168. The summed E-state index contributed by atoms with van der Waals surface area (Å²) in [4.78, 5) is 15.4. The molecule has 0 amide bonds. The van der Waals surface area contributed by atoms with Gasteiger partial charge in [-0.1, -0.05) is 200 Å². The summed E-state index contributed by atoms with van der Waals surface area (Å²) >= 11 is 0. The predicted octanol–water partition coefficient (Wildman–Crippen LogP) is 14.3. The van der Waals surface area contributed by atoms with Crippen molar-refractivity contribution in [3.8, 4) is 90.2 Å². The Morgan fingerprint density at radius 1 is 0.258 bits per heavy atom. The van der Waals surface area contributed by atoms with Crippen LogP contribution in [0.1, 0.15) is 22.3 Å². The van der Waals surface area contributed by atoms with Crippen molar-refractivity contribution in [2.45, 2.75) is 5.41 Å². The Balaban J connectivity index is 0.952. The van der Waals surface area contributed by atoms with E-state index in [1.165, 1.54) is 22.3 Å². The molecule has 12 rings (SSSR count). The van der Waals surface area contributed by atoms with Crippen molar-refractivity contribution in [1.29, 1.82) is 0 Å². The van der Waals surface area contributed by atoms with Crippen LogP contribution in [-0.4, -0.2) is 15.0 Å². The van der Waals surface area contributed by atoms with Gasteiger partial charge in [-0.3, -0.25) is 0 Å². The summed E-state index contributed by atoms with van der Waals surface area (Å²) in [5.74, 6) is 3.59. The largest absolute Gasteiger partial charge is 0.457 e. The molecule has 10 aromatic rings. The number of hydrogen-bond donors (Lipinski definition) is 0. The van der Waals surface area contributed by atoms with Gasteiger partial charge in [-0.25, -0.2) is 15.0 Å². The molecule has 0 atom stereocenters. The smallest absolute Gasteiger partial charge is 0.164 e. The molecule has 2 heterocycles. The van der Waals surface area contributed by atoms with Crippen molar-refractivity contribution in [3.63, 3.8) is 0 Å². The van der Waals surface area contributed by atoms with E-state index in [-0.39, 0.29) is 0 Å². The summed E-state index contributed by atoms with van der Waals surface area (Å²) in [6.07, 6.45) is 0. The third-order valence-corrected chi connectivity index (χ3v) is 12.4. The molecule has 0 unspecified atom stereocenters. The number of aromatic nitrogens is 3. The van der Waals surface area contributed by atoms with Crippen LogP contribution in [-0.2, 0) is 5.41 Å². The van der Waals surface area contributed by atoms with Crippen molar-refractivity contribution in [2.24, 2.45) is 0 Å². The molecular formula is C58H37N3O. The van der Waals surface area contributed by atoms with Gasteiger partial charge in [0.1, 0.15) is 11.5 Å². The molecule has 1 spiro atoms. The molecule has 9 aromatic carbocycles. The van der Waals surface area contributed by atoms with Crippen molar-refractivity contribution >= 4 is 0 Å². The van der Waals surface area contributed by atoms with Crippen molar-refractivity contribution in [2.75, 3.05) is 0 Å². The van der Waals surface area contributed by atoms with Crippen LogP contribution in [0.15, 0.2) is 224 Å². The van der Waals surface area contributed by atoms with Crippen LogP contribution in [0, 0.1) is 0 Å². The lowest BCUT2D eigenvalue weighted by molar-refractivity contribution is 0.436. The monoisotopic (exact) mass is 791 g/mol. The highest BCUT2D eigenvalue weighted by molar-refractivity contribution is 5.89. The number of fused-ring (bicyclic) bond motifs is 9. The predicted molar refractivity (Wildman–Crippen MR) is 250 cm³/mol. The standard InChI is InChI=1S/C58H37N3O/c1-3-15-38(16-4-1)42-19-13-21-45(35-42)56-59-55(60-57(61-56)46-22-14-20-43(36-46)39-17-5-2-6-18-39)41-31-29-40(30-32-41)44-33-34-52-54(37-44)62-53-28-12-11-27-51(53)58(52)49-25-9-7-23-47(49)48-24-8-10-26-50(48)58/h1-37H. The Bertz CT molecular complexity index is 3180. The zero-order valence-electron chi connectivity index (χ0n) is 33.6. The van der Waals surface area contributed by atoms with E-state index < -0.39 is 5.41 Å². The van der Waals surface area contributed by atoms with Crippen molar-refractivity contribution in [3.05, 3.63) is 247 Å². The minimum Gasteiger partial charge on any atom is -0.457 e. The van der Waals surface area contributed by atoms with E-state index >= 15 is 0 Å². The fourth-order valence-electron chi connectivity index (χ4n) is 9.55. The molecule has 0 fully saturated rings. The highest BCUT2D eigenvalue weighted by Crippen LogP contribution is 2.62. The lowest BCUT2D eigenvalue weighted by atomic mass is 9.66. The minimum atomic E-state index is -0.491. The van der Waals surface area contributed by atoms with E-state index in [0.29, 0.717) is 17.5 Å². The molecule has 4 heteroatoms. The summed E-state index contributed by atoms with van der Waals surface area (Å²) in [5, 5.41) is 0. The van der Waals surface area contributed by atoms with Gasteiger partial charge in [0.25, 0.3) is 0 Å². The second kappa shape index (κ2) is 14.5. The van der Waals surface area contributed by atoms with Crippen LogP contribution in [0.5, 0.6) is 11.5 Å². The van der Waals surface area contributed by atoms with E-state index in [9.17, 15) is 0 Å². The van der Waals surface area contributed by atoms with Crippen LogP contribution in [0.3, 0.4) is 0 Å². The molecule has 4 nitrogen and oxygen atoms in total. The van der Waals surface area contributed by atoms with Crippen LogP contribution < -0.4 is 4.74 Å². The fraction of sp³-hybridized carbons (Fsp3) is 0.0172. The summed E-state index contributed by atoms with van der Waals surface area (Å²) in [6.45, 7) is 0. The first kappa shape index (κ1) is 35.7. The Kier molecular flexibility index (Phi) is 8.36. The highest BCUT2D eigenvalue weighted by Gasteiger charge is 2.50. The van der Waals surface area contributed by atoms with Crippen LogP contribution in [0.4, 0.5) is 0 Å². The number of hydrogen-bond acceptors (Lipinski definition) is 4. The highest BCUT2D eigenvalue weighted by atomic mass is 16.5. The minimum absolute atomic E-state index is 0.491. The van der Waals surface area contributed by atoms with Gasteiger partial charge in [0.05, 0.1) is 5.41 Å². The maximum atomic E-state index is 6.81. The molecular weight excluding hydrogens is 755 g/mol. The van der Waals surface area contributed by atoms with Gasteiger partial charge in [0.2, 0.25) is 0 Å². The van der Waals surface area contributed by atoms with Crippen LogP contribution in [0.2, 0.25) is 0 Å². The zero-order chi connectivity index (χ0) is 41.0. The number of nitrogens with zero attached hydrogens (tertiary/aromatic N) is 3. The third-order valence-electron chi connectivity index (χ3n) is 12.4. The van der Waals surface area contributed by atoms with E-state index in [1.807, 2.05) is 12.1 Å². The lowest BCUT2D eigenvalue weighted by Gasteiger charge is -2.39. The fourth-order valence-corrected chi connectivity index (χ4v) is 9.55. The molecule has 62 heavy (non-hydrogen) atoms. The molecule has 0 saturated carbocycles. The van der Waals surface area contributed by atoms with E-state index in [0.717, 1.165) is 72.7 Å². The van der Waals surface area contributed by atoms with E-state index in [1.54, 1.807) is 0 Å². The second-order valence-corrected chi connectivity index (χ2v) is 15.9. The average molecular weight is 792 g/mol.